The van der Waals surface area contributed by atoms with Crippen LogP contribution in [0, 0.1) is 13.8 Å². The molecule has 8 nitrogen and oxygen atoms in total. The summed E-state index contributed by atoms with van der Waals surface area (Å²) in [5.41, 5.74) is 3.86. The second-order valence-corrected chi connectivity index (χ2v) is 7.46. The fourth-order valence-electron chi connectivity index (χ4n) is 3.08. The van der Waals surface area contributed by atoms with E-state index in [4.69, 9.17) is 11.6 Å². The largest absolute Gasteiger partial charge is 0.351 e. The van der Waals surface area contributed by atoms with Crippen LogP contribution in [0.5, 0.6) is 0 Å². The molecule has 0 radical (unpaired) electrons. The molecular formula is C21H25ClN6O2. The maximum atomic E-state index is 12.7. The van der Waals surface area contributed by atoms with Gasteiger partial charge >= 0.3 is 0 Å². The van der Waals surface area contributed by atoms with Gasteiger partial charge in [0.05, 0.1) is 34.8 Å². The Morgan fingerprint density at radius 3 is 2.43 bits per heavy atom. The molecule has 2 aromatic heterocycles. The van der Waals surface area contributed by atoms with Gasteiger partial charge in [-0.2, -0.15) is 10.2 Å². The summed E-state index contributed by atoms with van der Waals surface area (Å²) in [6.45, 7) is 6.88. The number of aryl methyl sites for hydroxylation is 2. The second-order valence-electron chi connectivity index (χ2n) is 7.08. The van der Waals surface area contributed by atoms with E-state index in [1.54, 1.807) is 19.2 Å². The Balaban J connectivity index is 1.71. The standard InChI is InChI=1S/C21H25ClN6O2/c1-5-10-23-21(30)19-17(11-24-27(19)4)25-20(29)16-8-6-15(7-9-16)12-28-14(3)18(22)13(2)26-28/h6-9,11H,5,10,12H2,1-4H3,(H,23,30)(H,25,29). The fourth-order valence-corrected chi connectivity index (χ4v) is 3.21. The van der Waals surface area contributed by atoms with Crippen LogP contribution in [0.1, 0.15) is 51.1 Å². The molecule has 3 aromatic rings. The van der Waals surface area contributed by atoms with E-state index in [9.17, 15) is 9.59 Å². The number of aromatic nitrogens is 4. The number of amides is 2. The van der Waals surface area contributed by atoms with Crippen LogP contribution in [-0.4, -0.2) is 37.9 Å². The number of nitrogens with one attached hydrogen (secondary N) is 2. The molecule has 9 heteroatoms. The minimum atomic E-state index is -0.312. The molecule has 3 rings (SSSR count). The first-order valence-electron chi connectivity index (χ1n) is 9.71. The second kappa shape index (κ2) is 9.13. The van der Waals surface area contributed by atoms with Gasteiger partial charge in [-0.1, -0.05) is 30.7 Å². The summed E-state index contributed by atoms with van der Waals surface area (Å²) >= 11 is 6.20. The van der Waals surface area contributed by atoms with E-state index in [0.29, 0.717) is 35.1 Å². The van der Waals surface area contributed by atoms with Crippen molar-refractivity contribution in [3.8, 4) is 0 Å². The number of benzene rings is 1. The van der Waals surface area contributed by atoms with Crippen molar-refractivity contribution in [3.63, 3.8) is 0 Å². The van der Waals surface area contributed by atoms with E-state index < -0.39 is 0 Å². The smallest absolute Gasteiger partial charge is 0.271 e. The molecule has 0 aliphatic rings. The lowest BCUT2D eigenvalue weighted by atomic mass is 10.1. The van der Waals surface area contributed by atoms with Gasteiger partial charge in [0.25, 0.3) is 11.8 Å². The number of anilines is 1. The summed E-state index contributed by atoms with van der Waals surface area (Å²) in [4.78, 5) is 25.0. The molecule has 1 aromatic carbocycles. The van der Waals surface area contributed by atoms with Crippen molar-refractivity contribution in [1.82, 2.24) is 24.9 Å². The van der Waals surface area contributed by atoms with Gasteiger partial charge in [-0.25, -0.2) is 0 Å². The molecule has 0 unspecified atom stereocenters. The monoisotopic (exact) mass is 428 g/mol. The Kier molecular flexibility index (Phi) is 6.56. The number of carbonyl (C=O) groups is 2. The van der Waals surface area contributed by atoms with E-state index in [1.165, 1.54) is 10.9 Å². The van der Waals surface area contributed by atoms with Crippen molar-refractivity contribution < 1.29 is 9.59 Å². The molecule has 0 saturated heterocycles. The topological polar surface area (TPSA) is 93.8 Å². The number of nitrogens with zero attached hydrogens (tertiary/aromatic N) is 4. The Hall–Kier alpha value is -3.13. The van der Waals surface area contributed by atoms with E-state index >= 15 is 0 Å². The summed E-state index contributed by atoms with van der Waals surface area (Å²) in [5, 5.41) is 14.8. The highest BCUT2D eigenvalue weighted by atomic mass is 35.5. The maximum absolute atomic E-state index is 12.7. The number of hydrogen-bond acceptors (Lipinski definition) is 4. The van der Waals surface area contributed by atoms with Crippen LogP contribution in [0.15, 0.2) is 30.5 Å². The number of halogens is 1. The summed E-state index contributed by atoms with van der Waals surface area (Å²) < 4.78 is 3.28. The first kappa shape index (κ1) is 21.6. The van der Waals surface area contributed by atoms with Crippen LogP contribution >= 0.6 is 11.6 Å². The van der Waals surface area contributed by atoms with Crippen LogP contribution in [0.25, 0.3) is 0 Å². The lowest BCUT2D eigenvalue weighted by molar-refractivity contribution is 0.0945. The van der Waals surface area contributed by atoms with Crippen LogP contribution in [0.4, 0.5) is 5.69 Å². The van der Waals surface area contributed by atoms with E-state index in [0.717, 1.165) is 23.4 Å². The Labute approximate surface area is 180 Å². The van der Waals surface area contributed by atoms with Crippen LogP contribution in [0.3, 0.4) is 0 Å². The quantitative estimate of drug-likeness (QED) is 0.603. The van der Waals surface area contributed by atoms with Gasteiger partial charge in [0.2, 0.25) is 0 Å². The third kappa shape index (κ3) is 4.54. The van der Waals surface area contributed by atoms with Crippen LogP contribution in [-0.2, 0) is 13.6 Å². The summed E-state index contributed by atoms with van der Waals surface area (Å²) in [6, 6.07) is 7.23. The SMILES string of the molecule is CCCNC(=O)c1c(NC(=O)c2ccc(Cn3nc(C)c(Cl)c3C)cc2)cnn1C. The minimum absolute atomic E-state index is 0.272. The maximum Gasteiger partial charge on any atom is 0.271 e. The molecule has 0 atom stereocenters. The van der Waals surface area contributed by atoms with Gasteiger partial charge in [0, 0.05) is 19.2 Å². The molecule has 158 valence electrons. The molecule has 0 aliphatic heterocycles. The van der Waals surface area contributed by atoms with Gasteiger partial charge in [-0.3, -0.25) is 19.0 Å². The molecule has 0 spiro atoms. The average Bonchev–Trinajstić information content (AvgIpc) is 3.21. The van der Waals surface area contributed by atoms with E-state index in [-0.39, 0.29) is 11.8 Å². The Bertz CT molecular complexity index is 1070. The Morgan fingerprint density at radius 1 is 1.13 bits per heavy atom. The molecule has 2 N–H and O–H groups in total. The van der Waals surface area contributed by atoms with Crippen molar-refractivity contribution in [2.75, 3.05) is 11.9 Å². The van der Waals surface area contributed by atoms with Gasteiger partial charge in [-0.15, -0.1) is 0 Å². The lowest BCUT2D eigenvalue weighted by Gasteiger charge is -2.09. The number of rotatable bonds is 7. The van der Waals surface area contributed by atoms with Gasteiger partial charge < -0.3 is 10.6 Å². The summed E-state index contributed by atoms with van der Waals surface area (Å²) in [5.74, 6) is -0.584. The molecule has 0 saturated carbocycles. The zero-order chi connectivity index (χ0) is 21.8. The highest BCUT2D eigenvalue weighted by Gasteiger charge is 2.19. The van der Waals surface area contributed by atoms with Crippen LogP contribution in [0.2, 0.25) is 5.02 Å². The lowest BCUT2D eigenvalue weighted by Crippen LogP contribution is -2.27. The third-order valence-electron chi connectivity index (χ3n) is 4.78. The van der Waals surface area contributed by atoms with Crippen molar-refractivity contribution >= 4 is 29.1 Å². The molecule has 2 heterocycles. The first-order chi connectivity index (χ1) is 14.3. The third-order valence-corrected chi connectivity index (χ3v) is 5.33. The molecule has 30 heavy (non-hydrogen) atoms. The van der Waals surface area contributed by atoms with Crippen molar-refractivity contribution in [2.45, 2.75) is 33.7 Å². The summed E-state index contributed by atoms with van der Waals surface area (Å²) in [6.07, 6.45) is 2.29. The normalized spacial score (nSPS) is 10.8. The zero-order valence-electron chi connectivity index (χ0n) is 17.5. The van der Waals surface area contributed by atoms with Crippen molar-refractivity contribution in [3.05, 3.63) is 63.7 Å². The fraction of sp³-hybridized carbons (Fsp3) is 0.333. The molecular weight excluding hydrogens is 404 g/mol. The molecule has 2 amide bonds. The predicted molar refractivity (Wildman–Crippen MR) is 116 cm³/mol. The minimum Gasteiger partial charge on any atom is -0.351 e. The van der Waals surface area contributed by atoms with Crippen molar-refractivity contribution in [2.24, 2.45) is 7.05 Å². The van der Waals surface area contributed by atoms with Gasteiger partial charge in [-0.05, 0) is 38.0 Å². The molecule has 0 bridgehead atoms. The molecule has 0 aliphatic carbocycles. The zero-order valence-corrected chi connectivity index (χ0v) is 18.2. The van der Waals surface area contributed by atoms with Crippen molar-refractivity contribution in [1.29, 1.82) is 0 Å². The van der Waals surface area contributed by atoms with Gasteiger partial charge in [0.1, 0.15) is 5.69 Å². The Morgan fingerprint density at radius 2 is 1.83 bits per heavy atom. The summed E-state index contributed by atoms with van der Waals surface area (Å²) in [7, 11) is 1.66. The van der Waals surface area contributed by atoms with Gasteiger partial charge in [0.15, 0.2) is 0 Å². The number of carbonyl (C=O) groups excluding carboxylic acids is 2. The predicted octanol–water partition coefficient (Wildman–Crippen LogP) is 3.33. The van der Waals surface area contributed by atoms with Crippen LogP contribution < -0.4 is 10.6 Å². The first-order valence-corrected chi connectivity index (χ1v) is 10.1. The highest BCUT2D eigenvalue weighted by molar-refractivity contribution is 6.31. The average molecular weight is 429 g/mol. The van der Waals surface area contributed by atoms with E-state index in [2.05, 4.69) is 20.8 Å². The molecule has 0 fully saturated rings. The highest BCUT2D eigenvalue weighted by Crippen LogP contribution is 2.20. The number of hydrogen-bond donors (Lipinski definition) is 2. The van der Waals surface area contributed by atoms with E-state index in [1.807, 2.05) is 37.6 Å².